The van der Waals surface area contributed by atoms with Crippen molar-refractivity contribution in [1.82, 2.24) is 0 Å². The first kappa shape index (κ1) is 23.1. The first-order chi connectivity index (χ1) is 8.25. The molecule has 0 saturated heterocycles. The van der Waals surface area contributed by atoms with Gasteiger partial charge in [0.2, 0.25) is 12.5 Å². The molecule has 0 spiro atoms. The van der Waals surface area contributed by atoms with Gasteiger partial charge in [0, 0.05) is 0 Å². The van der Waals surface area contributed by atoms with Crippen molar-refractivity contribution in [3.05, 3.63) is 0 Å². The highest BCUT2D eigenvalue weighted by atomic mass is 35.6. The van der Waals surface area contributed by atoms with Gasteiger partial charge in [-0.1, -0.05) is 128 Å². The van der Waals surface area contributed by atoms with Crippen LogP contribution in [0.3, 0.4) is 0 Å². The van der Waals surface area contributed by atoms with Crippen LogP contribution in [0.25, 0.3) is 0 Å². The van der Waals surface area contributed by atoms with E-state index in [1.165, 1.54) is 0 Å². The highest BCUT2D eigenvalue weighted by molar-refractivity contribution is 7.90. The molecule has 15 heteroatoms. The molecule has 0 radical (unpaired) electrons. The van der Waals surface area contributed by atoms with Crippen LogP contribution in [0.5, 0.6) is 0 Å². The van der Waals surface area contributed by atoms with Crippen molar-refractivity contribution in [2.45, 2.75) is 20.5 Å². The third-order valence-corrected chi connectivity index (χ3v) is 10.7. The lowest BCUT2D eigenvalue weighted by molar-refractivity contribution is 0.459. The number of rotatable bonds is 4. The smallest absolute Gasteiger partial charge is 0.283 e. The van der Waals surface area contributed by atoms with Crippen LogP contribution in [-0.2, 0) is 10.1 Å². The quantitative estimate of drug-likeness (QED) is 0.364. The van der Waals surface area contributed by atoms with E-state index in [0.29, 0.717) is 0 Å². The summed E-state index contributed by atoms with van der Waals surface area (Å²) in [5.41, 5.74) is 0. The molecule has 0 unspecified atom stereocenters. The number of alkyl halides is 11. The second-order valence-corrected chi connectivity index (χ2v) is 12.8. The maximum Gasteiger partial charge on any atom is 0.302 e. The molecule has 122 valence electrons. The van der Waals surface area contributed by atoms with E-state index >= 15 is 0 Å². The molecular weight excluding hydrogens is 530 g/mol. The number of halogens is 11. The zero-order chi connectivity index (χ0) is 17.0. The van der Waals surface area contributed by atoms with Crippen molar-refractivity contribution in [2.75, 3.05) is 0 Å². The van der Waals surface area contributed by atoms with Gasteiger partial charge in [0.15, 0.2) is 4.33 Å². The van der Waals surface area contributed by atoms with Gasteiger partial charge < -0.3 is 0 Å². The van der Waals surface area contributed by atoms with Gasteiger partial charge in [0.05, 0.1) is 0 Å². The molecule has 1 N–H and O–H groups in total. The summed E-state index contributed by atoms with van der Waals surface area (Å²) in [4.78, 5) is 0. The van der Waals surface area contributed by atoms with Gasteiger partial charge >= 0.3 is 10.1 Å². The van der Waals surface area contributed by atoms with E-state index in [1.54, 1.807) is 0 Å². The van der Waals surface area contributed by atoms with Gasteiger partial charge in [0.1, 0.15) is 0 Å². The molecule has 0 aromatic rings. The monoisotopic (exact) mass is 526 g/mol. The lowest BCUT2D eigenvalue weighted by Gasteiger charge is -2.46. The van der Waals surface area contributed by atoms with Gasteiger partial charge in [-0.25, -0.2) is 0 Å². The van der Waals surface area contributed by atoms with E-state index in [0.717, 1.165) is 0 Å². The Bertz CT molecular complexity index is 475. The summed E-state index contributed by atoms with van der Waals surface area (Å²) in [6.07, 6.45) is 0. The van der Waals surface area contributed by atoms with Crippen molar-refractivity contribution in [3.63, 3.8) is 0 Å². The van der Waals surface area contributed by atoms with E-state index in [4.69, 9.17) is 132 Å². The Morgan fingerprint density at radius 2 is 0.900 bits per heavy atom. The predicted octanol–water partition coefficient (Wildman–Crippen LogP) is 5.90. The summed E-state index contributed by atoms with van der Waals surface area (Å²) >= 11 is 61.3. The maximum absolute atomic E-state index is 11.1. The Morgan fingerprint density at radius 1 is 0.600 bits per heavy atom. The SMILES string of the molecule is O=S(=O)(O)C(Cl)(Cl)C(Cl)(Cl)C(Cl)(Cl)C(Cl)(Cl)C(Cl)(Cl)Cl. The van der Waals surface area contributed by atoms with Gasteiger partial charge in [0.25, 0.3) is 3.67 Å². The van der Waals surface area contributed by atoms with Crippen molar-refractivity contribution < 1.29 is 13.0 Å². The molecule has 0 bridgehead atoms. The summed E-state index contributed by atoms with van der Waals surface area (Å²) in [5, 5.41) is 0. The van der Waals surface area contributed by atoms with Gasteiger partial charge in [-0.3, -0.25) is 4.55 Å². The minimum absolute atomic E-state index is 2.60. The first-order valence-electron chi connectivity index (χ1n) is 3.80. The highest BCUT2D eigenvalue weighted by Gasteiger charge is 2.76. The van der Waals surface area contributed by atoms with Crippen LogP contribution >= 0.6 is 128 Å². The Kier molecular flexibility index (Phi) is 7.43. The maximum atomic E-state index is 11.1. The minimum atomic E-state index is -5.30. The van der Waals surface area contributed by atoms with Crippen molar-refractivity contribution >= 4 is 138 Å². The molecule has 0 aromatic heterocycles. The fourth-order valence-corrected chi connectivity index (χ4v) is 4.41. The molecule has 0 heterocycles. The molecule has 0 aliphatic carbocycles. The van der Waals surface area contributed by atoms with Crippen LogP contribution in [0.2, 0.25) is 0 Å². The molecule has 0 aliphatic rings. The Labute approximate surface area is 169 Å². The zero-order valence-corrected chi connectivity index (χ0v) is 17.5. The topological polar surface area (TPSA) is 54.4 Å². The van der Waals surface area contributed by atoms with E-state index in [1.807, 2.05) is 0 Å². The minimum Gasteiger partial charge on any atom is -0.283 e. The van der Waals surface area contributed by atoms with Gasteiger partial charge in [-0.15, -0.1) is 0 Å². The van der Waals surface area contributed by atoms with Crippen molar-refractivity contribution in [1.29, 1.82) is 0 Å². The molecule has 3 nitrogen and oxygen atoms in total. The molecule has 0 amide bonds. The standard InChI is InChI=1S/C5HCl11O3S/c6-1(7,2(8,9)4(12,13)14)3(10,11)5(15,16)20(17,18)19/h(H,17,18,19). The van der Waals surface area contributed by atoms with E-state index < -0.39 is 30.6 Å². The molecule has 0 saturated carbocycles. The normalized spacial score (nSPS) is 16.4. The fourth-order valence-electron chi connectivity index (χ4n) is 0.720. The van der Waals surface area contributed by atoms with Crippen LogP contribution in [-0.4, -0.2) is 33.4 Å². The molecule has 20 heavy (non-hydrogen) atoms. The lowest BCUT2D eigenvalue weighted by atomic mass is 10.2. The number of hydrogen-bond donors (Lipinski definition) is 1. The summed E-state index contributed by atoms with van der Waals surface area (Å²) < 4.78 is 16.4. The van der Waals surface area contributed by atoms with Gasteiger partial charge in [-0.2, -0.15) is 8.42 Å². The third kappa shape index (κ3) is 3.68. The average molecular weight is 531 g/mol. The average Bonchev–Trinajstić information content (AvgIpc) is 2.12. The van der Waals surface area contributed by atoms with Crippen LogP contribution < -0.4 is 0 Å². The van der Waals surface area contributed by atoms with Crippen LogP contribution in [0.4, 0.5) is 0 Å². The Morgan fingerprint density at radius 3 is 1.10 bits per heavy atom. The van der Waals surface area contributed by atoms with E-state index in [-0.39, 0.29) is 0 Å². The van der Waals surface area contributed by atoms with Crippen molar-refractivity contribution in [2.24, 2.45) is 0 Å². The van der Waals surface area contributed by atoms with Crippen LogP contribution in [0.15, 0.2) is 0 Å². The van der Waals surface area contributed by atoms with Crippen LogP contribution in [0, 0.1) is 0 Å². The summed E-state index contributed by atoms with van der Waals surface area (Å²) in [6, 6.07) is 0. The molecule has 0 aromatic carbocycles. The number of hydrogen-bond acceptors (Lipinski definition) is 2. The zero-order valence-electron chi connectivity index (χ0n) is 8.33. The Hall–Kier alpha value is 3.10. The van der Waals surface area contributed by atoms with Crippen LogP contribution in [0.1, 0.15) is 0 Å². The second-order valence-electron chi connectivity index (χ2n) is 3.21. The summed E-state index contributed by atoms with van der Waals surface area (Å²) in [6.45, 7) is 0. The molecule has 0 aliphatic heterocycles. The van der Waals surface area contributed by atoms with E-state index in [2.05, 4.69) is 0 Å². The first-order valence-corrected chi connectivity index (χ1v) is 9.40. The largest absolute Gasteiger partial charge is 0.302 e. The van der Waals surface area contributed by atoms with Crippen molar-refractivity contribution in [3.8, 4) is 0 Å². The predicted molar refractivity (Wildman–Crippen MR) is 89.6 cm³/mol. The molecular formula is C5HCl11O3S. The second kappa shape index (κ2) is 6.44. The third-order valence-electron chi connectivity index (χ3n) is 1.83. The Balaban J connectivity index is 6.22. The van der Waals surface area contributed by atoms with E-state index in [9.17, 15) is 8.42 Å². The summed E-state index contributed by atoms with van der Waals surface area (Å²) in [7, 11) is -5.30. The van der Waals surface area contributed by atoms with Gasteiger partial charge in [-0.05, 0) is 0 Å². The molecule has 0 fully saturated rings. The molecule has 0 rings (SSSR count). The highest BCUT2D eigenvalue weighted by Crippen LogP contribution is 2.66. The fraction of sp³-hybridized carbons (Fsp3) is 1.00. The summed E-state index contributed by atoms with van der Waals surface area (Å²) in [5.74, 6) is 0. The molecule has 0 atom stereocenters. The lowest BCUT2D eigenvalue weighted by Crippen LogP contribution is -2.63.